The fraction of sp³-hybridized carbons (Fsp3) is 0.379. The topological polar surface area (TPSA) is 109 Å². The van der Waals surface area contributed by atoms with Crippen LogP contribution in [0.1, 0.15) is 49.7 Å². The van der Waals surface area contributed by atoms with Gasteiger partial charge in [-0.25, -0.2) is 4.39 Å². The number of likely N-dealkylation sites (N-methyl/N-ethyl adjacent to an activating group) is 1. The van der Waals surface area contributed by atoms with Crippen molar-refractivity contribution in [1.82, 2.24) is 14.8 Å². The molecule has 1 saturated heterocycles. The van der Waals surface area contributed by atoms with Crippen LogP contribution in [-0.4, -0.2) is 57.7 Å². The Morgan fingerprint density at radius 1 is 1.24 bits per heavy atom. The maximum atomic E-state index is 14.3. The molecule has 0 aliphatic carbocycles. The summed E-state index contributed by atoms with van der Waals surface area (Å²) in [5, 5.41) is 13.2. The Kier molecular flexibility index (Phi) is 6.43. The van der Waals surface area contributed by atoms with Crippen molar-refractivity contribution >= 4 is 34.3 Å². The first-order valence-electron chi connectivity index (χ1n) is 12.9. The van der Waals surface area contributed by atoms with Gasteiger partial charge in [-0.1, -0.05) is 38.1 Å². The van der Waals surface area contributed by atoms with E-state index in [9.17, 15) is 24.0 Å². The quantitative estimate of drug-likeness (QED) is 0.513. The van der Waals surface area contributed by atoms with E-state index in [1.807, 2.05) is 38.1 Å². The maximum Gasteiger partial charge on any atom is 0.270 e. The number of amides is 3. The summed E-state index contributed by atoms with van der Waals surface area (Å²) in [6.07, 6.45) is 0.561. The number of nitrogens with one attached hydrogen (secondary N) is 2. The van der Waals surface area contributed by atoms with Crippen LogP contribution >= 0.6 is 0 Å². The zero-order valence-corrected chi connectivity index (χ0v) is 21.6. The van der Waals surface area contributed by atoms with Crippen LogP contribution in [0.3, 0.4) is 0 Å². The minimum absolute atomic E-state index is 0.0604. The van der Waals surface area contributed by atoms with E-state index < -0.39 is 29.2 Å². The highest BCUT2D eigenvalue weighted by molar-refractivity contribution is 6.07. The van der Waals surface area contributed by atoms with Gasteiger partial charge in [0.05, 0.1) is 11.5 Å². The molecule has 1 unspecified atom stereocenters. The second-order valence-electron chi connectivity index (χ2n) is 10.5. The van der Waals surface area contributed by atoms with Crippen molar-refractivity contribution in [2.45, 2.75) is 51.1 Å². The van der Waals surface area contributed by atoms with Gasteiger partial charge in [-0.15, -0.1) is 0 Å². The summed E-state index contributed by atoms with van der Waals surface area (Å²) in [6.45, 7) is 6.01. The lowest BCUT2D eigenvalue weighted by atomic mass is 9.80. The summed E-state index contributed by atoms with van der Waals surface area (Å²) in [5.74, 6) is -1.38. The Morgan fingerprint density at radius 2 is 2.00 bits per heavy atom. The molecule has 38 heavy (non-hydrogen) atoms. The molecule has 1 aromatic heterocycles. The second-order valence-corrected chi connectivity index (χ2v) is 10.5. The van der Waals surface area contributed by atoms with Gasteiger partial charge in [0.15, 0.2) is 0 Å². The van der Waals surface area contributed by atoms with Gasteiger partial charge >= 0.3 is 0 Å². The van der Waals surface area contributed by atoms with Crippen molar-refractivity contribution in [3.8, 4) is 6.07 Å². The largest absolute Gasteiger partial charge is 0.350 e. The Labute approximate surface area is 220 Å². The number of likely N-dealkylation sites (tertiary alicyclic amines) is 1. The van der Waals surface area contributed by atoms with Crippen LogP contribution < -0.4 is 5.32 Å². The molecule has 196 valence electrons. The number of H-pyrrole nitrogens is 1. The van der Waals surface area contributed by atoms with E-state index >= 15 is 0 Å². The molecule has 9 heteroatoms. The van der Waals surface area contributed by atoms with Crippen LogP contribution in [0.5, 0.6) is 0 Å². The number of carbonyl (C=O) groups excluding carboxylic acids is 3. The van der Waals surface area contributed by atoms with Gasteiger partial charge in [0, 0.05) is 36.1 Å². The number of nitriles is 1. The average Bonchev–Trinajstić information content (AvgIpc) is 3.58. The monoisotopic (exact) mass is 515 g/mol. The standard InChI is InChI=1S/C29H30FN5O3/c1-4-34(26(36)24-13-19-21(30)9-7-11-22(19)32-24)25(12-17(2)3)27(37)35-16-29(14-18(35)15-31)20-8-5-6-10-23(20)33-28(29)38/h5-11,13,17-18,25,32H,4,12,14,16H2,1-3H3,(H,33,38)/t18-,25?,29-/m0/s1. The van der Waals surface area contributed by atoms with Gasteiger partial charge in [0.2, 0.25) is 11.8 Å². The van der Waals surface area contributed by atoms with E-state index in [2.05, 4.69) is 16.4 Å². The second kappa shape index (κ2) is 9.60. The van der Waals surface area contributed by atoms with Crippen molar-refractivity contribution < 1.29 is 18.8 Å². The summed E-state index contributed by atoms with van der Waals surface area (Å²) >= 11 is 0. The molecule has 2 aliphatic rings. The highest BCUT2D eigenvalue weighted by Gasteiger charge is 2.56. The lowest BCUT2D eigenvalue weighted by molar-refractivity contribution is -0.137. The Morgan fingerprint density at radius 3 is 2.68 bits per heavy atom. The molecule has 2 N–H and O–H groups in total. The van der Waals surface area contributed by atoms with Gasteiger partial charge in [0.25, 0.3) is 5.91 Å². The number of hydrogen-bond acceptors (Lipinski definition) is 4. The lowest BCUT2D eigenvalue weighted by Crippen LogP contribution is -2.53. The molecule has 1 fully saturated rings. The highest BCUT2D eigenvalue weighted by Crippen LogP contribution is 2.46. The molecule has 2 aromatic carbocycles. The SMILES string of the molecule is CCN(C(=O)c1cc2c(F)cccc2[nH]1)C(CC(C)C)C(=O)N1C[C@]2(C[C@H]1C#N)C(=O)Nc1ccccc12. The van der Waals surface area contributed by atoms with Crippen molar-refractivity contribution in [2.24, 2.45) is 5.92 Å². The summed E-state index contributed by atoms with van der Waals surface area (Å²) in [5.41, 5.74) is 1.15. The van der Waals surface area contributed by atoms with E-state index in [1.54, 1.807) is 19.1 Å². The molecule has 0 saturated carbocycles. The van der Waals surface area contributed by atoms with Gasteiger partial charge in [-0.3, -0.25) is 14.4 Å². The molecule has 5 rings (SSSR count). The van der Waals surface area contributed by atoms with Crippen molar-refractivity contribution in [2.75, 3.05) is 18.4 Å². The van der Waals surface area contributed by atoms with E-state index in [4.69, 9.17) is 0 Å². The fourth-order valence-electron chi connectivity index (χ4n) is 5.88. The number of hydrogen-bond donors (Lipinski definition) is 2. The van der Waals surface area contributed by atoms with Crippen LogP contribution in [0.4, 0.5) is 10.1 Å². The highest BCUT2D eigenvalue weighted by atomic mass is 19.1. The molecular weight excluding hydrogens is 485 g/mol. The molecular formula is C29H30FN5O3. The first-order chi connectivity index (χ1) is 18.2. The van der Waals surface area contributed by atoms with Crippen LogP contribution in [0, 0.1) is 23.1 Å². The fourth-order valence-corrected chi connectivity index (χ4v) is 5.88. The first kappa shape index (κ1) is 25.5. The lowest BCUT2D eigenvalue weighted by Gasteiger charge is -2.34. The Hall–Kier alpha value is -4.19. The third-order valence-electron chi connectivity index (χ3n) is 7.71. The van der Waals surface area contributed by atoms with E-state index in [0.717, 1.165) is 5.56 Å². The van der Waals surface area contributed by atoms with Gasteiger partial charge in [-0.05, 0) is 49.1 Å². The Balaban J connectivity index is 1.49. The zero-order valence-electron chi connectivity index (χ0n) is 21.6. The maximum absolute atomic E-state index is 14.3. The molecule has 8 nitrogen and oxygen atoms in total. The van der Waals surface area contributed by atoms with Crippen LogP contribution in [0.25, 0.3) is 10.9 Å². The molecule has 3 amide bonds. The number of rotatable bonds is 6. The molecule has 3 aromatic rings. The molecule has 0 bridgehead atoms. The number of halogens is 1. The molecule has 0 radical (unpaired) electrons. The number of aromatic nitrogens is 1. The summed E-state index contributed by atoms with van der Waals surface area (Å²) < 4.78 is 14.3. The normalized spacial score (nSPS) is 21.0. The third kappa shape index (κ3) is 4.01. The van der Waals surface area contributed by atoms with Crippen LogP contribution in [-0.2, 0) is 15.0 Å². The minimum Gasteiger partial charge on any atom is -0.350 e. The molecule has 3 heterocycles. The minimum atomic E-state index is -1.01. The van der Waals surface area contributed by atoms with Gasteiger partial charge < -0.3 is 20.1 Å². The molecule has 3 atom stereocenters. The number of carbonyl (C=O) groups is 3. The number of nitrogens with zero attached hydrogens (tertiary/aromatic N) is 3. The smallest absolute Gasteiger partial charge is 0.270 e. The number of anilines is 1. The average molecular weight is 516 g/mol. The molecule has 1 spiro atoms. The summed E-state index contributed by atoms with van der Waals surface area (Å²) in [7, 11) is 0. The van der Waals surface area contributed by atoms with E-state index in [0.29, 0.717) is 23.0 Å². The third-order valence-corrected chi connectivity index (χ3v) is 7.71. The first-order valence-corrected chi connectivity index (χ1v) is 12.9. The van der Waals surface area contributed by atoms with Crippen LogP contribution in [0.2, 0.25) is 0 Å². The van der Waals surface area contributed by atoms with Crippen LogP contribution in [0.15, 0.2) is 48.5 Å². The van der Waals surface area contributed by atoms with Gasteiger partial charge in [-0.2, -0.15) is 5.26 Å². The van der Waals surface area contributed by atoms with Crippen molar-refractivity contribution in [1.29, 1.82) is 5.26 Å². The molecule has 2 aliphatic heterocycles. The zero-order chi connectivity index (χ0) is 27.2. The Bertz CT molecular complexity index is 1470. The number of fused-ring (bicyclic) bond motifs is 3. The summed E-state index contributed by atoms with van der Waals surface area (Å²) in [6, 6.07) is 13.9. The number of para-hydroxylation sites is 1. The predicted octanol–water partition coefficient (Wildman–Crippen LogP) is 4.20. The van der Waals surface area contributed by atoms with Crippen molar-refractivity contribution in [3.05, 3.63) is 65.6 Å². The van der Waals surface area contributed by atoms with Crippen molar-refractivity contribution in [3.63, 3.8) is 0 Å². The number of benzene rings is 2. The van der Waals surface area contributed by atoms with E-state index in [-0.39, 0.29) is 42.9 Å². The predicted molar refractivity (Wildman–Crippen MR) is 141 cm³/mol. The van der Waals surface area contributed by atoms with E-state index in [1.165, 1.54) is 21.9 Å². The number of aromatic amines is 1. The van der Waals surface area contributed by atoms with Gasteiger partial charge in [0.1, 0.15) is 23.6 Å². The summed E-state index contributed by atoms with van der Waals surface area (Å²) in [4.78, 5) is 46.9.